The lowest BCUT2D eigenvalue weighted by Crippen LogP contribution is -2.29. The summed E-state index contributed by atoms with van der Waals surface area (Å²) >= 11 is 0. The molecule has 0 amide bonds. The van der Waals surface area contributed by atoms with Crippen molar-refractivity contribution in [2.24, 2.45) is 29.6 Å². The largest absolute Gasteiger partial charge is 0.294 e. The Morgan fingerprint density at radius 3 is 1.85 bits per heavy atom. The number of hydrogen-bond acceptors (Lipinski definition) is 2. The van der Waals surface area contributed by atoms with Crippen LogP contribution in [0.2, 0.25) is 0 Å². The molecule has 1 N–H and O–H groups in total. The zero-order chi connectivity index (χ0) is 15.8. The van der Waals surface area contributed by atoms with Crippen molar-refractivity contribution in [3.05, 3.63) is 22.1 Å². The molecule has 0 spiro atoms. The fourth-order valence-electron chi connectivity index (χ4n) is 3.32. The van der Waals surface area contributed by atoms with E-state index >= 15 is 0 Å². The lowest BCUT2D eigenvalue weighted by Gasteiger charge is -2.36. The lowest BCUT2D eigenvalue weighted by atomic mass is 9.71. The first-order valence-corrected chi connectivity index (χ1v) is 8.86. The second-order valence-corrected chi connectivity index (χ2v) is 8.16. The van der Waals surface area contributed by atoms with E-state index in [9.17, 15) is 13.0 Å². The molecule has 1 aliphatic rings. The molecule has 2 unspecified atom stereocenters. The van der Waals surface area contributed by atoms with E-state index in [1.807, 2.05) is 27.7 Å². The van der Waals surface area contributed by atoms with Gasteiger partial charge in [0.25, 0.3) is 10.1 Å². The van der Waals surface area contributed by atoms with Gasteiger partial charge < -0.3 is 0 Å². The van der Waals surface area contributed by atoms with Crippen LogP contribution in [0, 0.1) is 29.6 Å². The minimum absolute atomic E-state index is 0.0782. The van der Waals surface area contributed by atoms with E-state index in [1.54, 1.807) is 0 Å². The first kappa shape index (κ1) is 17.4. The van der Waals surface area contributed by atoms with Crippen molar-refractivity contribution in [3.63, 3.8) is 0 Å². The van der Waals surface area contributed by atoms with Crippen LogP contribution in [0.4, 0.5) is 0 Å². The lowest BCUT2D eigenvalue weighted by molar-refractivity contribution is 0.342. The Bertz CT molecular complexity index is 522. The summed E-state index contributed by atoms with van der Waals surface area (Å²) < 4.78 is 33.5. The van der Waals surface area contributed by atoms with Crippen molar-refractivity contribution >= 4 is 10.1 Å². The summed E-state index contributed by atoms with van der Waals surface area (Å²) in [4.78, 5) is 0.173. The molecule has 2 atom stereocenters. The fraction of sp³-hybridized carbons (Fsp3) is 0.750. The molecule has 0 aliphatic heterocycles. The highest BCUT2D eigenvalue weighted by molar-refractivity contribution is 7.90. The molecular weight excluding hydrogens is 272 g/mol. The first-order valence-electron chi connectivity index (χ1n) is 7.42. The Balaban J connectivity index is 3.63. The van der Waals surface area contributed by atoms with Crippen molar-refractivity contribution in [2.75, 3.05) is 0 Å². The van der Waals surface area contributed by atoms with Gasteiger partial charge in [-0.05, 0) is 40.7 Å². The third-order valence-corrected chi connectivity index (χ3v) is 5.22. The molecule has 116 valence electrons. The molecule has 0 saturated heterocycles. The van der Waals surface area contributed by atoms with E-state index in [0.717, 1.165) is 11.1 Å². The maximum Gasteiger partial charge on any atom is 0.294 e. The molecule has 20 heavy (non-hydrogen) atoms. The van der Waals surface area contributed by atoms with Crippen molar-refractivity contribution in [1.29, 1.82) is 0 Å². The third kappa shape index (κ3) is 3.34. The van der Waals surface area contributed by atoms with Gasteiger partial charge in [-0.2, -0.15) is 8.42 Å². The number of allylic oxidation sites excluding steroid dienone is 3. The highest BCUT2D eigenvalue weighted by atomic mass is 32.2. The van der Waals surface area contributed by atoms with Crippen molar-refractivity contribution in [2.45, 2.75) is 48.5 Å². The second-order valence-electron chi connectivity index (χ2n) is 6.80. The van der Waals surface area contributed by atoms with Gasteiger partial charge in [0, 0.05) is 0 Å². The second kappa shape index (κ2) is 6.02. The molecule has 0 fully saturated rings. The topological polar surface area (TPSA) is 54.4 Å². The maximum absolute atomic E-state index is 11.9. The predicted molar refractivity (Wildman–Crippen MR) is 83.8 cm³/mol. The van der Waals surface area contributed by atoms with Gasteiger partial charge in [-0.25, -0.2) is 0 Å². The normalized spacial score (nSPS) is 24.9. The average molecular weight is 300 g/mol. The number of hydrogen-bond donors (Lipinski definition) is 1. The van der Waals surface area contributed by atoms with Crippen LogP contribution in [-0.2, 0) is 10.1 Å². The van der Waals surface area contributed by atoms with E-state index in [-0.39, 0.29) is 22.7 Å². The van der Waals surface area contributed by atoms with Gasteiger partial charge in [-0.15, -0.1) is 0 Å². The fourth-order valence-corrected chi connectivity index (χ4v) is 4.64. The maximum atomic E-state index is 11.9. The van der Waals surface area contributed by atoms with Crippen LogP contribution in [0.5, 0.6) is 0 Å². The summed E-state index contributed by atoms with van der Waals surface area (Å²) in [7, 11) is -4.18. The standard InChI is InChI=1S/C16H28O3S/c1-9(2)13-8-14(10(3)4)16(20(17,18)19)15(11(5)6)12(13)7/h8-13H,1-7H3,(H,17,18,19). The Morgan fingerprint density at radius 1 is 1.05 bits per heavy atom. The van der Waals surface area contributed by atoms with Gasteiger partial charge in [-0.3, -0.25) is 4.55 Å². The quantitative estimate of drug-likeness (QED) is 0.788. The van der Waals surface area contributed by atoms with Gasteiger partial charge in [0.2, 0.25) is 0 Å². The van der Waals surface area contributed by atoms with Crippen molar-refractivity contribution in [3.8, 4) is 0 Å². The summed E-state index contributed by atoms with van der Waals surface area (Å²) in [6.45, 7) is 14.3. The van der Waals surface area contributed by atoms with Crippen LogP contribution in [0.15, 0.2) is 22.1 Å². The minimum Gasteiger partial charge on any atom is -0.282 e. The van der Waals surface area contributed by atoms with Gasteiger partial charge in [0.05, 0.1) is 4.91 Å². The van der Waals surface area contributed by atoms with E-state index in [4.69, 9.17) is 0 Å². The molecule has 0 heterocycles. The molecule has 0 bridgehead atoms. The van der Waals surface area contributed by atoms with Crippen LogP contribution in [-0.4, -0.2) is 13.0 Å². The molecule has 0 saturated carbocycles. The predicted octanol–water partition coefficient (Wildman–Crippen LogP) is 4.29. The Labute approximate surface area is 123 Å². The summed E-state index contributed by atoms with van der Waals surface area (Å²) in [5.74, 6) is 1.07. The minimum atomic E-state index is -4.18. The summed E-state index contributed by atoms with van der Waals surface area (Å²) in [6, 6.07) is 0. The zero-order valence-corrected chi connectivity index (χ0v) is 14.5. The molecule has 3 nitrogen and oxygen atoms in total. The monoisotopic (exact) mass is 300 g/mol. The van der Waals surface area contributed by atoms with Crippen LogP contribution in [0.1, 0.15) is 48.5 Å². The highest BCUT2D eigenvalue weighted by Crippen LogP contribution is 2.44. The van der Waals surface area contributed by atoms with Gasteiger partial charge in [0.15, 0.2) is 0 Å². The number of rotatable bonds is 4. The molecule has 4 heteroatoms. The van der Waals surface area contributed by atoms with Crippen molar-refractivity contribution < 1.29 is 13.0 Å². The molecule has 0 aromatic rings. The van der Waals surface area contributed by atoms with E-state index < -0.39 is 10.1 Å². The summed E-state index contributed by atoms with van der Waals surface area (Å²) in [5.41, 5.74) is 1.64. The summed E-state index contributed by atoms with van der Waals surface area (Å²) in [6.07, 6.45) is 2.06. The summed E-state index contributed by atoms with van der Waals surface area (Å²) in [5, 5.41) is 0. The molecular formula is C16H28O3S. The molecule has 1 aliphatic carbocycles. The van der Waals surface area contributed by atoms with Gasteiger partial charge in [0.1, 0.15) is 0 Å². The molecule has 1 rings (SSSR count). The first-order chi connectivity index (χ1) is 8.98. The van der Waals surface area contributed by atoms with Crippen LogP contribution in [0.25, 0.3) is 0 Å². The zero-order valence-electron chi connectivity index (χ0n) is 13.6. The highest BCUT2D eigenvalue weighted by Gasteiger charge is 2.37. The Morgan fingerprint density at radius 2 is 1.55 bits per heavy atom. The Hall–Kier alpha value is -0.610. The smallest absolute Gasteiger partial charge is 0.282 e. The van der Waals surface area contributed by atoms with E-state index in [0.29, 0.717) is 11.8 Å². The van der Waals surface area contributed by atoms with Gasteiger partial charge >= 0.3 is 0 Å². The van der Waals surface area contributed by atoms with Crippen LogP contribution >= 0.6 is 0 Å². The van der Waals surface area contributed by atoms with Gasteiger partial charge in [-0.1, -0.05) is 54.5 Å². The van der Waals surface area contributed by atoms with Crippen LogP contribution in [0.3, 0.4) is 0 Å². The average Bonchev–Trinajstić information content (AvgIpc) is 2.25. The van der Waals surface area contributed by atoms with Crippen molar-refractivity contribution in [1.82, 2.24) is 0 Å². The Kier molecular flexibility index (Phi) is 5.25. The van der Waals surface area contributed by atoms with Crippen LogP contribution < -0.4 is 0 Å². The SMILES string of the molecule is CC(C)C1=CC(C(C)C)C(C)C(C(C)C)=C1S(=O)(=O)O. The molecule has 0 aromatic heterocycles. The molecule has 0 aromatic carbocycles. The molecule has 0 radical (unpaired) electrons. The van der Waals surface area contributed by atoms with E-state index in [2.05, 4.69) is 26.8 Å². The van der Waals surface area contributed by atoms with E-state index in [1.165, 1.54) is 0 Å². The third-order valence-electron chi connectivity index (χ3n) is 4.24.